The van der Waals surface area contributed by atoms with Crippen LogP contribution in [0.4, 0.5) is 0 Å². The van der Waals surface area contributed by atoms with E-state index in [1.807, 2.05) is 0 Å². The number of rotatable bonds is 6. The summed E-state index contributed by atoms with van der Waals surface area (Å²) < 4.78 is 10.2. The summed E-state index contributed by atoms with van der Waals surface area (Å²) in [5.74, 6) is -1.21. The Morgan fingerprint density at radius 3 is 2.38 bits per heavy atom. The third-order valence-corrected chi connectivity index (χ3v) is 3.20. The normalized spacial score (nSPS) is 10.4. The van der Waals surface area contributed by atoms with Gasteiger partial charge in [-0.2, -0.15) is 5.10 Å². The van der Waals surface area contributed by atoms with E-state index in [4.69, 9.17) is 9.47 Å². The van der Waals surface area contributed by atoms with Gasteiger partial charge in [0.2, 0.25) is 0 Å². The van der Waals surface area contributed by atoms with Crippen LogP contribution in [0.1, 0.15) is 26.3 Å². The van der Waals surface area contributed by atoms with E-state index in [9.17, 15) is 14.7 Å². The summed E-state index contributed by atoms with van der Waals surface area (Å²) in [4.78, 5) is 23.4. The fourth-order valence-corrected chi connectivity index (χ4v) is 2.08. The summed E-state index contributed by atoms with van der Waals surface area (Å²) in [7, 11) is 2.76. The molecule has 0 fully saturated rings. The van der Waals surface area contributed by atoms with Crippen LogP contribution in [0.2, 0.25) is 0 Å². The number of benzene rings is 2. The maximum atomic E-state index is 11.9. The molecule has 0 aliphatic carbocycles. The molecule has 0 atom stereocenters. The van der Waals surface area contributed by atoms with Gasteiger partial charge >= 0.3 is 5.97 Å². The molecule has 0 saturated carbocycles. The quantitative estimate of drug-likeness (QED) is 0.625. The molecule has 2 N–H and O–H groups in total. The van der Waals surface area contributed by atoms with Crippen molar-refractivity contribution in [1.82, 2.24) is 5.43 Å². The fraction of sp³-hybridized carbons (Fsp3) is 0.118. The van der Waals surface area contributed by atoms with Gasteiger partial charge in [-0.05, 0) is 24.3 Å². The van der Waals surface area contributed by atoms with Crippen LogP contribution in [-0.4, -0.2) is 37.4 Å². The van der Waals surface area contributed by atoms with E-state index in [0.29, 0.717) is 11.3 Å². The number of carboxylic acid groups (broad SMARTS) is 1. The molecule has 2 aromatic carbocycles. The molecule has 0 aliphatic heterocycles. The molecule has 0 bridgehead atoms. The van der Waals surface area contributed by atoms with Crippen molar-refractivity contribution in [2.24, 2.45) is 5.10 Å². The van der Waals surface area contributed by atoms with Crippen LogP contribution >= 0.6 is 0 Å². The Hall–Kier alpha value is -3.35. The van der Waals surface area contributed by atoms with Crippen LogP contribution in [0.3, 0.4) is 0 Å². The Morgan fingerprint density at radius 1 is 1.08 bits per heavy atom. The zero-order chi connectivity index (χ0) is 17.5. The zero-order valence-electron chi connectivity index (χ0n) is 13.1. The fourth-order valence-electron chi connectivity index (χ4n) is 2.08. The van der Waals surface area contributed by atoms with Gasteiger partial charge in [0, 0.05) is 11.1 Å². The van der Waals surface area contributed by atoms with Crippen molar-refractivity contribution in [3.63, 3.8) is 0 Å². The Balaban J connectivity index is 2.26. The van der Waals surface area contributed by atoms with Crippen LogP contribution < -0.4 is 14.9 Å². The third-order valence-electron chi connectivity index (χ3n) is 3.20. The monoisotopic (exact) mass is 328 g/mol. The highest BCUT2D eigenvalue weighted by Crippen LogP contribution is 2.32. The maximum absolute atomic E-state index is 11.9. The van der Waals surface area contributed by atoms with E-state index in [-0.39, 0.29) is 16.9 Å². The zero-order valence-corrected chi connectivity index (χ0v) is 13.1. The van der Waals surface area contributed by atoms with E-state index in [0.717, 1.165) is 0 Å². The molecule has 0 radical (unpaired) electrons. The van der Waals surface area contributed by atoms with Crippen molar-refractivity contribution < 1.29 is 24.2 Å². The molecule has 7 heteroatoms. The molecule has 124 valence electrons. The Labute approximate surface area is 138 Å². The van der Waals surface area contributed by atoms with Crippen molar-refractivity contribution in [2.75, 3.05) is 14.2 Å². The van der Waals surface area contributed by atoms with Gasteiger partial charge in [0.15, 0.2) is 11.5 Å². The molecule has 0 heterocycles. The SMILES string of the molecule is COc1ccc(/C=N/NC(=O)c2ccccc2)c(C(=O)O)c1OC. The number of nitrogens with zero attached hydrogens (tertiary/aromatic N) is 1. The number of carbonyl (C=O) groups is 2. The van der Waals surface area contributed by atoms with Gasteiger partial charge in [0.1, 0.15) is 5.56 Å². The molecule has 7 nitrogen and oxygen atoms in total. The minimum absolute atomic E-state index is 0.0864. The molecule has 0 spiro atoms. The van der Waals surface area contributed by atoms with Gasteiger partial charge < -0.3 is 14.6 Å². The second-order valence-electron chi connectivity index (χ2n) is 4.64. The highest BCUT2D eigenvalue weighted by molar-refractivity contribution is 6.02. The number of carbonyl (C=O) groups excluding carboxylic acids is 1. The first-order valence-corrected chi connectivity index (χ1v) is 6.95. The highest BCUT2D eigenvalue weighted by Gasteiger charge is 2.20. The number of hydrazone groups is 1. The predicted molar refractivity (Wildman–Crippen MR) is 88.0 cm³/mol. The molecule has 0 saturated heterocycles. The lowest BCUT2D eigenvalue weighted by atomic mass is 10.1. The van der Waals surface area contributed by atoms with E-state index in [1.54, 1.807) is 36.4 Å². The number of hydrogen-bond donors (Lipinski definition) is 2. The lowest BCUT2D eigenvalue weighted by Crippen LogP contribution is -2.17. The molecular formula is C17H16N2O5. The minimum Gasteiger partial charge on any atom is -0.493 e. The molecule has 24 heavy (non-hydrogen) atoms. The number of carboxylic acids is 1. The molecule has 0 aliphatic rings. The van der Waals surface area contributed by atoms with Gasteiger partial charge in [0.25, 0.3) is 5.91 Å². The topological polar surface area (TPSA) is 97.2 Å². The minimum atomic E-state index is -1.19. The smallest absolute Gasteiger partial charge is 0.340 e. The number of methoxy groups -OCH3 is 2. The highest BCUT2D eigenvalue weighted by atomic mass is 16.5. The predicted octanol–water partition coefficient (Wildman–Crippen LogP) is 2.17. The summed E-state index contributed by atoms with van der Waals surface area (Å²) in [6, 6.07) is 11.6. The van der Waals surface area contributed by atoms with E-state index >= 15 is 0 Å². The number of hydrogen-bond acceptors (Lipinski definition) is 5. The number of aromatic carboxylic acids is 1. The molecule has 0 unspecified atom stereocenters. The van der Waals surface area contributed by atoms with Crippen molar-refractivity contribution >= 4 is 18.1 Å². The van der Waals surface area contributed by atoms with Gasteiger partial charge in [-0.15, -0.1) is 0 Å². The lowest BCUT2D eigenvalue weighted by Gasteiger charge is -2.12. The van der Waals surface area contributed by atoms with Crippen molar-refractivity contribution in [3.8, 4) is 11.5 Å². The van der Waals surface area contributed by atoms with Crippen LogP contribution in [0.5, 0.6) is 11.5 Å². The molecular weight excluding hydrogens is 312 g/mol. The van der Waals surface area contributed by atoms with Crippen LogP contribution in [0.25, 0.3) is 0 Å². The average molecular weight is 328 g/mol. The number of nitrogens with one attached hydrogen (secondary N) is 1. The Morgan fingerprint density at radius 2 is 1.79 bits per heavy atom. The molecule has 0 aromatic heterocycles. The lowest BCUT2D eigenvalue weighted by molar-refractivity contribution is 0.0692. The first kappa shape index (κ1) is 17.0. The van der Waals surface area contributed by atoms with Gasteiger partial charge in [-0.3, -0.25) is 4.79 Å². The number of amides is 1. The molecule has 2 rings (SSSR count). The maximum Gasteiger partial charge on any atom is 0.340 e. The molecule has 1 amide bonds. The Bertz CT molecular complexity index is 772. The first-order valence-electron chi connectivity index (χ1n) is 6.95. The van der Waals surface area contributed by atoms with Crippen molar-refractivity contribution in [1.29, 1.82) is 0 Å². The summed E-state index contributed by atoms with van der Waals surface area (Å²) in [6.07, 6.45) is 1.24. The summed E-state index contributed by atoms with van der Waals surface area (Å²) in [6.45, 7) is 0. The second-order valence-corrected chi connectivity index (χ2v) is 4.64. The second kappa shape index (κ2) is 7.77. The first-order chi connectivity index (χ1) is 11.6. The summed E-state index contributed by atoms with van der Waals surface area (Å²) in [5, 5.41) is 13.2. The number of ether oxygens (including phenoxy) is 2. The summed E-state index contributed by atoms with van der Waals surface area (Å²) in [5.41, 5.74) is 2.96. The Kier molecular flexibility index (Phi) is 5.51. The van der Waals surface area contributed by atoms with Gasteiger partial charge in [-0.25, -0.2) is 10.2 Å². The van der Waals surface area contributed by atoms with Crippen LogP contribution in [-0.2, 0) is 0 Å². The van der Waals surface area contributed by atoms with E-state index in [1.165, 1.54) is 26.5 Å². The van der Waals surface area contributed by atoms with Crippen molar-refractivity contribution in [2.45, 2.75) is 0 Å². The van der Waals surface area contributed by atoms with Gasteiger partial charge in [0.05, 0.1) is 20.4 Å². The molecule has 2 aromatic rings. The third kappa shape index (κ3) is 3.70. The van der Waals surface area contributed by atoms with Crippen LogP contribution in [0, 0.1) is 0 Å². The van der Waals surface area contributed by atoms with Crippen molar-refractivity contribution in [3.05, 3.63) is 59.2 Å². The largest absolute Gasteiger partial charge is 0.493 e. The standard InChI is InChI=1S/C17H16N2O5/c1-23-13-9-8-12(14(17(21)22)15(13)24-2)10-18-19-16(20)11-6-4-3-5-7-11/h3-10H,1-2H3,(H,19,20)(H,21,22)/b18-10+. The van der Waals surface area contributed by atoms with Crippen LogP contribution in [0.15, 0.2) is 47.6 Å². The average Bonchev–Trinajstić information content (AvgIpc) is 2.61. The summed E-state index contributed by atoms with van der Waals surface area (Å²) >= 11 is 0. The van der Waals surface area contributed by atoms with Gasteiger partial charge in [-0.1, -0.05) is 18.2 Å². The van der Waals surface area contributed by atoms with E-state index in [2.05, 4.69) is 10.5 Å². The van der Waals surface area contributed by atoms with E-state index < -0.39 is 11.9 Å².